The Bertz CT molecular complexity index is 1100. The molecule has 3 aromatic rings. The van der Waals surface area contributed by atoms with E-state index in [2.05, 4.69) is 5.10 Å². The van der Waals surface area contributed by atoms with Crippen molar-refractivity contribution in [1.29, 1.82) is 0 Å². The highest BCUT2D eigenvalue weighted by molar-refractivity contribution is 6.08. The van der Waals surface area contributed by atoms with Gasteiger partial charge in [0.05, 0.1) is 22.6 Å². The molecule has 148 valence electrons. The summed E-state index contributed by atoms with van der Waals surface area (Å²) in [5, 5.41) is 4.53. The molecular weight excluding hydrogens is 371 g/mol. The number of nitrogens with zero attached hydrogens (tertiary/aromatic N) is 3. The molecule has 0 unspecified atom stereocenters. The summed E-state index contributed by atoms with van der Waals surface area (Å²) in [5.41, 5.74) is 8.42. The molecule has 0 saturated carbocycles. The predicted octanol–water partition coefficient (Wildman–Crippen LogP) is 3.40. The van der Waals surface area contributed by atoms with Crippen LogP contribution in [0.5, 0.6) is 0 Å². The van der Waals surface area contributed by atoms with Crippen molar-refractivity contribution in [3.05, 3.63) is 82.9 Å². The fourth-order valence-corrected chi connectivity index (χ4v) is 3.15. The summed E-state index contributed by atoms with van der Waals surface area (Å²) in [6.07, 6.45) is 2.96. The highest BCUT2D eigenvalue weighted by Crippen LogP contribution is 2.24. The Kier molecular flexibility index (Phi) is 5.59. The third-order valence-corrected chi connectivity index (χ3v) is 4.66. The molecule has 2 N–H and O–H groups in total. The SMILES string of the molecule is Cc1nn(-c2ccccc2)c(C)c1/C=C/C(=O)N(C)c1c(F)cccc1C(N)=O. The van der Waals surface area contributed by atoms with Gasteiger partial charge in [-0.1, -0.05) is 24.3 Å². The molecule has 0 radical (unpaired) electrons. The molecule has 0 aliphatic rings. The molecule has 1 aromatic heterocycles. The number of aryl methyl sites for hydroxylation is 1. The number of likely N-dealkylation sites (N-methyl/N-ethyl adjacent to an activating group) is 1. The van der Waals surface area contributed by atoms with E-state index in [1.54, 1.807) is 10.8 Å². The molecule has 0 fully saturated rings. The van der Waals surface area contributed by atoms with Crippen LogP contribution in [0, 0.1) is 19.7 Å². The first-order valence-corrected chi connectivity index (χ1v) is 8.97. The molecule has 6 nitrogen and oxygen atoms in total. The number of para-hydroxylation sites is 2. The van der Waals surface area contributed by atoms with E-state index in [9.17, 15) is 14.0 Å². The number of primary amides is 1. The third-order valence-electron chi connectivity index (χ3n) is 4.66. The van der Waals surface area contributed by atoms with Crippen molar-refractivity contribution in [1.82, 2.24) is 9.78 Å². The van der Waals surface area contributed by atoms with Gasteiger partial charge >= 0.3 is 0 Å². The van der Waals surface area contributed by atoms with Crippen molar-refractivity contribution < 1.29 is 14.0 Å². The highest BCUT2D eigenvalue weighted by atomic mass is 19.1. The number of hydrogen-bond acceptors (Lipinski definition) is 3. The molecule has 0 saturated heterocycles. The number of benzene rings is 2. The van der Waals surface area contributed by atoms with Crippen molar-refractivity contribution in [2.45, 2.75) is 13.8 Å². The van der Waals surface area contributed by atoms with Crippen molar-refractivity contribution in [3.8, 4) is 5.69 Å². The zero-order chi connectivity index (χ0) is 21.1. The summed E-state index contributed by atoms with van der Waals surface area (Å²) in [5.74, 6) is -2.00. The number of hydrogen-bond donors (Lipinski definition) is 1. The summed E-state index contributed by atoms with van der Waals surface area (Å²) in [4.78, 5) is 25.3. The molecule has 0 aliphatic carbocycles. The summed E-state index contributed by atoms with van der Waals surface area (Å²) in [6, 6.07) is 13.6. The summed E-state index contributed by atoms with van der Waals surface area (Å²) < 4.78 is 16.1. The number of nitrogens with two attached hydrogens (primary N) is 1. The quantitative estimate of drug-likeness (QED) is 0.676. The average Bonchev–Trinajstić information content (AvgIpc) is 2.99. The highest BCUT2D eigenvalue weighted by Gasteiger charge is 2.20. The molecule has 0 aliphatic heterocycles. The second-order valence-electron chi connectivity index (χ2n) is 6.56. The van der Waals surface area contributed by atoms with E-state index in [-0.39, 0.29) is 11.3 Å². The van der Waals surface area contributed by atoms with Crippen LogP contribution in [-0.2, 0) is 4.79 Å². The van der Waals surface area contributed by atoms with Gasteiger partial charge in [-0.25, -0.2) is 9.07 Å². The van der Waals surface area contributed by atoms with Gasteiger partial charge in [0.1, 0.15) is 5.82 Å². The molecule has 2 amide bonds. The Morgan fingerprint density at radius 2 is 1.79 bits per heavy atom. The maximum absolute atomic E-state index is 14.3. The first-order chi connectivity index (χ1) is 13.8. The van der Waals surface area contributed by atoms with E-state index in [0.717, 1.165) is 27.5 Å². The van der Waals surface area contributed by atoms with Gasteiger partial charge in [0.15, 0.2) is 0 Å². The lowest BCUT2D eigenvalue weighted by Gasteiger charge is -2.18. The van der Waals surface area contributed by atoms with E-state index in [4.69, 9.17) is 5.73 Å². The minimum atomic E-state index is -0.807. The van der Waals surface area contributed by atoms with Crippen LogP contribution in [0.1, 0.15) is 27.3 Å². The first-order valence-electron chi connectivity index (χ1n) is 8.97. The number of rotatable bonds is 5. The van der Waals surface area contributed by atoms with Gasteiger partial charge in [0.2, 0.25) is 0 Å². The van der Waals surface area contributed by atoms with Crippen LogP contribution >= 0.6 is 0 Å². The van der Waals surface area contributed by atoms with Gasteiger partial charge in [-0.15, -0.1) is 0 Å². The number of amides is 2. The van der Waals surface area contributed by atoms with Gasteiger partial charge < -0.3 is 10.6 Å². The number of halogens is 1. The number of carbonyl (C=O) groups excluding carboxylic acids is 2. The number of aromatic nitrogens is 2. The van der Waals surface area contributed by atoms with E-state index in [0.29, 0.717) is 0 Å². The molecule has 0 bridgehead atoms. The Hall–Kier alpha value is -3.74. The zero-order valence-electron chi connectivity index (χ0n) is 16.4. The van der Waals surface area contributed by atoms with E-state index in [1.807, 2.05) is 44.2 Å². The molecule has 29 heavy (non-hydrogen) atoms. The number of anilines is 1. The van der Waals surface area contributed by atoms with Crippen LogP contribution in [-0.4, -0.2) is 28.6 Å². The van der Waals surface area contributed by atoms with Crippen molar-refractivity contribution in [3.63, 3.8) is 0 Å². The Morgan fingerprint density at radius 3 is 2.45 bits per heavy atom. The van der Waals surface area contributed by atoms with Gasteiger partial charge in [-0.2, -0.15) is 5.10 Å². The fraction of sp³-hybridized carbons (Fsp3) is 0.136. The molecule has 3 rings (SSSR count). The maximum atomic E-state index is 14.3. The van der Waals surface area contributed by atoms with Crippen LogP contribution in [0.15, 0.2) is 54.6 Å². The lowest BCUT2D eigenvalue weighted by Crippen LogP contribution is -2.28. The maximum Gasteiger partial charge on any atom is 0.250 e. The standard InChI is InChI=1S/C22H21FN4O2/c1-14-17(15(2)27(25-14)16-8-5-4-6-9-16)12-13-20(28)26(3)21-18(22(24)29)10-7-11-19(21)23/h4-13H,1-3H3,(H2,24,29)/b13-12+. The molecular formula is C22H21FN4O2. The molecule has 0 atom stereocenters. The minimum absolute atomic E-state index is 0.0569. The van der Waals surface area contributed by atoms with Crippen LogP contribution in [0.3, 0.4) is 0 Å². The molecule has 7 heteroatoms. The average molecular weight is 392 g/mol. The van der Waals surface area contributed by atoms with Gasteiger partial charge in [0.25, 0.3) is 11.8 Å². The Labute approximate surface area is 168 Å². The molecule has 1 heterocycles. The monoisotopic (exact) mass is 392 g/mol. The third kappa shape index (κ3) is 3.94. The van der Waals surface area contributed by atoms with Gasteiger partial charge in [-0.05, 0) is 44.2 Å². The lowest BCUT2D eigenvalue weighted by atomic mass is 10.1. The minimum Gasteiger partial charge on any atom is -0.366 e. The lowest BCUT2D eigenvalue weighted by molar-refractivity contribution is -0.113. The fourth-order valence-electron chi connectivity index (χ4n) is 3.15. The molecule has 0 spiro atoms. The van der Waals surface area contributed by atoms with E-state index in [1.165, 1.54) is 31.3 Å². The van der Waals surface area contributed by atoms with Crippen LogP contribution in [0.25, 0.3) is 11.8 Å². The van der Waals surface area contributed by atoms with E-state index < -0.39 is 17.6 Å². The topological polar surface area (TPSA) is 81.2 Å². The van der Waals surface area contributed by atoms with E-state index >= 15 is 0 Å². The Balaban J connectivity index is 1.91. The largest absolute Gasteiger partial charge is 0.366 e. The van der Waals surface area contributed by atoms with Crippen molar-refractivity contribution in [2.75, 3.05) is 11.9 Å². The normalized spacial score (nSPS) is 11.0. The zero-order valence-corrected chi connectivity index (χ0v) is 16.4. The second kappa shape index (κ2) is 8.10. The van der Waals surface area contributed by atoms with Crippen LogP contribution in [0.4, 0.5) is 10.1 Å². The van der Waals surface area contributed by atoms with Crippen LogP contribution in [0.2, 0.25) is 0 Å². The number of carbonyl (C=O) groups is 2. The van der Waals surface area contributed by atoms with Gasteiger partial charge in [-0.3, -0.25) is 9.59 Å². The Morgan fingerprint density at radius 1 is 1.10 bits per heavy atom. The summed E-state index contributed by atoms with van der Waals surface area (Å²) >= 11 is 0. The van der Waals surface area contributed by atoms with Crippen molar-refractivity contribution in [2.24, 2.45) is 5.73 Å². The van der Waals surface area contributed by atoms with Crippen LogP contribution < -0.4 is 10.6 Å². The predicted molar refractivity (Wildman–Crippen MR) is 110 cm³/mol. The first kappa shape index (κ1) is 20.0. The van der Waals surface area contributed by atoms with Gasteiger partial charge in [0, 0.05) is 24.4 Å². The smallest absolute Gasteiger partial charge is 0.250 e. The summed E-state index contributed by atoms with van der Waals surface area (Å²) in [6.45, 7) is 3.76. The molecule has 2 aromatic carbocycles. The van der Waals surface area contributed by atoms with Crippen molar-refractivity contribution >= 4 is 23.6 Å². The summed E-state index contributed by atoms with van der Waals surface area (Å²) in [7, 11) is 1.39. The second-order valence-corrected chi connectivity index (χ2v) is 6.56.